The molecule has 8 nitrogen and oxygen atoms in total. The third-order valence-corrected chi connectivity index (χ3v) is 8.41. The number of urea groups is 1. The highest BCUT2D eigenvalue weighted by Gasteiger charge is 2.76. The van der Waals surface area contributed by atoms with Gasteiger partial charge in [0.25, 0.3) is 5.91 Å². The highest BCUT2D eigenvalue weighted by atomic mass is 16.5. The number of likely N-dealkylation sites (tertiary alicyclic amines) is 1. The number of benzene rings is 3. The van der Waals surface area contributed by atoms with Gasteiger partial charge in [0.1, 0.15) is 11.3 Å². The molecule has 3 aliphatic heterocycles. The van der Waals surface area contributed by atoms with Crippen molar-refractivity contribution in [1.82, 2.24) is 9.80 Å². The number of imide groups is 2. The van der Waals surface area contributed by atoms with Gasteiger partial charge in [-0.3, -0.25) is 19.3 Å². The van der Waals surface area contributed by atoms with Crippen molar-refractivity contribution >= 4 is 29.4 Å². The Morgan fingerprint density at radius 2 is 1.59 bits per heavy atom. The van der Waals surface area contributed by atoms with Crippen LogP contribution in [0.4, 0.5) is 10.5 Å². The van der Waals surface area contributed by atoms with Gasteiger partial charge in [0, 0.05) is 0 Å². The molecule has 0 aliphatic carbocycles. The van der Waals surface area contributed by atoms with E-state index in [0.29, 0.717) is 11.4 Å². The Bertz CT molecular complexity index is 1490. The van der Waals surface area contributed by atoms with Gasteiger partial charge in [-0.05, 0) is 48.7 Å². The molecule has 0 radical (unpaired) electrons. The van der Waals surface area contributed by atoms with E-state index in [-0.39, 0.29) is 18.9 Å². The molecular formula is C31H29N3O5. The van der Waals surface area contributed by atoms with E-state index < -0.39 is 41.3 Å². The highest BCUT2D eigenvalue weighted by Crippen LogP contribution is 2.60. The first kappa shape index (κ1) is 24.9. The van der Waals surface area contributed by atoms with Crippen LogP contribution in [-0.4, -0.2) is 46.2 Å². The first-order chi connectivity index (χ1) is 18.8. The van der Waals surface area contributed by atoms with Gasteiger partial charge in [-0.1, -0.05) is 67.1 Å². The van der Waals surface area contributed by atoms with Crippen molar-refractivity contribution in [2.24, 2.45) is 11.8 Å². The van der Waals surface area contributed by atoms with Crippen molar-refractivity contribution in [3.63, 3.8) is 0 Å². The van der Waals surface area contributed by atoms with Gasteiger partial charge >= 0.3 is 6.03 Å². The maximum Gasteiger partial charge on any atom is 0.332 e. The van der Waals surface area contributed by atoms with Crippen LogP contribution in [0.25, 0.3) is 0 Å². The molecule has 3 heterocycles. The van der Waals surface area contributed by atoms with Crippen molar-refractivity contribution in [2.75, 3.05) is 12.0 Å². The van der Waals surface area contributed by atoms with Gasteiger partial charge in [0.05, 0.1) is 37.2 Å². The minimum absolute atomic E-state index is 0.121. The minimum atomic E-state index is -1.48. The Hall–Kier alpha value is -4.46. The molecule has 0 spiro atoms. The van der Waals surface area contributed by atoms with Crippen LogP contribution in [0.3, 0.4) is 0 Å². The fourth-order valence-electron chi connectivity index (χ4n) is 6.68. The SMILES string of the molecule is CC[C@@]12C(=O)N(c3ccc(OC)cc3)C(=O)N1[C@H](c1cccc(C)c1)[C@@H]1C(=O)N(Cc3ccccc3)C(=O)[C@@H]12. The molecule has 0 bridgehead atoms. The summed E-state index contributed by atoms with van der Waals surface area (Å²) in [5, 5.41) is 0. The number of hydrogen-bond acceptors (Lipinski definition) is 5. The molecule has 3 aromatic carbocycles. The zero-order valence-corrected chi connectivity index (χ0v) is 22.0. The number of nitrogens with zero attached hydrogens (tertiary/aromatic N) is 3. The molecule has 3 aliphatic rings. The monoisotopic (exact) mass is 523 g/mol. The number of amides is 5. The van der Waals surface area contributed by atoms with Crippen LogP contribution in [-0.2, 0) is 20.9 Å². The van der Waals surface area contributed by atoms with E-state index in [1.165, 1.54) is 9.80 Å². The van der Waals surface area contributed by atoms with E-state index in [2.05, 4.69) is 0 Å². The van der Waals surface area contributed by atoms with Gasteiger partial charge < -0.3 is 9.64 Å². The van der Waals surface area contributed by atoms with Crippen molar-refractivity contribution < 1.29 is 23.9 Å². The van der Waals surface area contributed by atoms with E-state index in [1.54, 1.807) is 31.4 Å². The summed E-state index contributed by atoms with van der Waals surface area (Å²) in [6.45, 7) is 3.87. The van der Waals surface area contributed by atoms with Crippen LogP contribution < -0.4 is 9.64 Å². The summed E-state index contributed by atoms with van der Waals surface area (Å²) in [7, 11) is 1.54. The normalized spacial score (nSPS) is 25.9. The fraction of sp³-hybridized carbons (Fsp3) is 0.290. The molecule has 0 unspecified atom stereocenters. The van der Waals surface area contributed by atoms with Crippen LogP contribution in [0, 0.1) is 18.8 Å². The van der Waals surface area contributed by atoms with Crippen molar-refractivity contribution in [3.8, 4) is 5.75 Å². The zero-order valence-electron chi connectivity index (χ0n) is 22.0. The third-order valence-electron chi connectivity index (χ3n) is 8.41. The van der Waals surface area contributed by atoms with Gasteiger partial charge in [0.15, 0.2) is 0 Å². The number of carbonyl (C=O) groups is 4. The lowest BCUT2D eigenvalue weighted by atomic mass is 9.77. The maximum atomic E-state index is 14.4. The van der Waals surface area contributed by atoms with E-state index in [1.807, 2.05) is 68.4 Å². The smallest absolute Gasteiger partial charge is 0.332 e. The molecule has 0 aromatic heterocycles. The Labute approximate surface area is 226 Å². The average Bonchev–Trinajstić information content (AvgIpc) is 3.48. The number of ether oxygens (including phenoxy) is 1. The summed E-state index contributed by atoms with van der Waals surface area (Å²) in [6, 6.07) is 22.3. The second-order valence-electron chi connectivity index (χ2n) is 10.4. The first-order valence-electron chi connectivity index (χ1n) is 13.1. The molecule has 6 rings (SSSR count). The van der Waals surface area contributed by atoms with E-state index in [4.69, 9.17) is 4.74 Å². The number of aryl methyl sites for hydroxylation is 1. The molecule has 3 fully saturated rings. The molecule has 4 atom stereocenters. The molecule has 198 valence electrons. The Morgan fingerprint density at radius 3 is 2.23 bits per heavy atom. The van der Waals surface area contributed by atoms with E-state index >= 15 is 0 Å². The minimum Gasteiger partial charge on any atom is -0.497 e. The Balaban J connectivity index is 1.50. The molecule has 8 heteroatoms. The van der Waals surface area contributed by atoms with Crippen LogP contribution in [0.1, 0.15) is 36.1 Å². The van der Waals surface area contributed by atoms with Crippen molar-refractivity contribution in [1.29, 1.82) is 0 Å². The Morgan fingerprint density at radius 1 is 0.872 bits per heavy atom. The lowest BCUT2D eigenvalue weighted by Crippen LogP contribution is -2.53. The topological polar surface area (TPSA) is 87.2 Å². The standard InChI is InChI=1S/C31H29N3O5/c1-4-31-25-24(27(35)32(28(25)36)18-20-10-6-5-7-11-20)26(21-12-8-9-19(2)17-21)34(31)30(38)33(29(31)37)22-13-15-23(39-3)16-14-22/h5-17,24-26H,4,18H2,1-3H3/t24-,25-,26-,31-/m1/s1. The van der Waals surface area contributed by atoms with Gasteiger partial charge in [-0.15, -0.1) is 0 Å². The summed E-state index contributed by atoms with van der Waals surface area (Å²) in [5.41, 5.74) is 1.43. The predicted octanol–water partition coefficient (Wildman–Crippen LogP) is 4.48. The Kier molecular flexibility index (Phi) is 5.79. The van der Waals surface area contributed by atoms with Crippen LogP contribution in [0.2, 0.25) is 0 Å². The number of methoxy groups -OCH3 is 1. The molecule has 0 N–H and O–H groups in total. The zero-order chi connectivity index (χ0) is 27.5. The number of anilines is 1. The summed E-state index contributed by atoms with van der Waals surface area (Å²) in [5.74, 6) is -2.48. The average molecular weight is 524 g/mol. The molecule has 39 heavy (non-hydrogen) atoms. The fourth-order valence-corrected chi connectivity index (χ4v) is 6.68. The van der Waals surface area contributed by atoms with Gasteiger partial charge in [0.2, 0.25) is 11.8 Å². The summed E-state index contributed by atoms with van der Waals surface area (Å²) < 4.78 is 5.24. The predicted molar refractivity (Wildman–Crippen MR) is 144 cm³/mol. The van der Waals surface area contributed by atoms with E-state index in [0.717, 1.165) is 21.6 Å². The highest BCUT2D eigenvalue weighted by molar-refractivity contribution is 6.26. The molecular weight excluding hydrogens is 494 g/mol. The second-order valence-corrected chi connectivity index (χ2v) is 10.4. The number of hydrogen-bond donors (Lipinski definition) is 0. The number of rotatable bonds is 6. The van der Waals surface area contributed by atoms with Crippen LogP contribution in [0.5, 0.6) is 5.75 Å². The lowest BCUT2D eigenvalue weighted by Gasteiger charge is -2.34. The molecule has 3 aromatic rings. The maximum absolute atomic E-state index is 14.4. The van der Waals surface area contributed by atoms with E-state index in [9.17, 15) is 19.2 Å². The van der Waals surface area contributed by atoms with Gasteiger partial charge in [-0.2, -0.15) is 0 Å². The molecule has 3 saturated heterocycles. The third kappa shape index (κ3) is 3.44. The largest absolute Gasteiger partial charge is 0.497 e. The molecule has 0 saturated carbocycles. The van der Waals surface area contributed by atoms with Gasteiger partial charge in [-0.25, -0.2) is 9.69 Å². The summed E-state index contributed by atoms with van der Waals surface area (Å²) >= 11 is 0. The lowest BCUT2D eigenvalue weighted by molar-refractivity contribution is -0.145. The van der Waals surface area contributed by atoms with Crippen LogP contribution in [0.15, 0.2) is 78.9 Å². The van der Waals surface area contributed by atoms with Crippen LogP contribution >= 0.6 is 0 Å². The number of carbonyl (C=O) groups excluding carboxylic acids is 4. The first-order valence-corrected chi connectivity index (χ1v) is 13.1. The quantitative estimate of drug-likeness (QED) is 0.351. The van der Waals surface area contributed by atoms with Crippen molar-refractivity contribution in [3.05, 3.63) is 95.6 Å². The second kappa shape index (κ2) is 9.08. The molecule has 5 amide bonds. The van der Waals surface area contributed by atoms with Crippen molar-refractivity contribution in [2.45, 2.75) is 38.4 Å². The summed E-state index contributed by atoms with van der Waals surface area (Å²) in [4.78, 5) is 60.6. The number of fused-ring (bicyclic) bond motifs is 3. The summed E-state index contributed by atoms with van der Waals surface area (Å²) in [6.07, 6.45) is 0.200.